The Morgan fingerprint density at radius 2 is 1.53 bits per heavy atom. The van der Waals surface area contributed by atoms with Crippen LogP contribution in [0.4, 0.5) is 26.3 Å². The van der Waals surface area contributed by atoms with E-state index in [4.69, 9.17) is 22.1 Å². The number of ether oxygens (including phenoxy) is 1. The van der Waals surface area contributed by atoms with E-state index in [0.29, 0.717) is 5.56 Å². The van der Waals surface area contributed by atoms with Crippen molar-refractivity contribution in [2.75, 3.05) is 19.8 Å². The summed E-state index contributed by atoms with van der Waals surface area (Å²) in [6.07, 6.45) is -8.85. The molecule has 12 heteroatoms. The van der Waals surface area contributed by atoms with Gasteiger partial charge < -0.3 is 20.7 Å². The van der Waals surface area contributed by atoms with Crippen LogP contribution in [0.2, 0.25) is 5.02 Å². The van der Waals surface area contributed by atoms with E-state index in [1.54, 1.807) is 0 Å². The van der Waals surface area contributed by atoms with Crippen molar-refractivity contribution in [1.29, 1.82) is 0 Å². The number of halogens is 8. The fourth-order valence-corrected chi connectivity index (χ4v) is 3.28. The quantitative estimate of drug-likeness (QED) is 0.280. The van der Waals surface area contributed by atoms with Gasteiger partial charge in [0.05, 0.1) is 36.5 Å². The van der Waals surface area contributed by atoms with E-state index in [-0.39, 0.29) is 55.3 Å². The predicted octanol–water partition coefficient (Wildman–Crippen LogP) is 5.43. The van der Waals surface area contributed by atoms with Crippen LogP contribution >= 0.6 is 24.0 Å². The summed E-state index contributed by atoms with van der Waals surface area (Å²) in [5, 5.41) is 18.6. The monoisotopic (exact) mass is 535 g/mol. The topological polar surface area (TPSA) is 75.7 Å². The minimum absolute atomic E-state index is 0. The molecule has 0 saturated carbocycles. The van der Waals surface area contributed by atoms with E-state index in [1.165, 1.54) is 6.07 Å². The standard InChI is InChI=1S/C22H24ClF6NO3.ClH/c23-18-5-4-16(21(24,25)26)11-15(18)2-1-9-33-19-6-3-14(10-17(19)22(27,28)29)7-8-20(30,12-31)13-32;/h3-6,10-11,31-32H,1-2,7-9,12-13,30H2;1H. The Bertz CT molecular complexity index is 934. The third-order valence-corrected chi connectivity index (χ3v) is 5.48. The molecule has 4 N–H and O–H groups in total. The van der Waals surface area contributed by atoms with Crippen molar-refractivity contribution in [3.63, 3.8) is 0 Å². The highest BCUT2D eigenvalue weighted by atomic mass is 35.5. The second kappa shape index (κ2) is 12.3. The summed E-state index contributed by atoms with van der Waals surface area (Å²) in [5.74, 6) is -0.412. The van der Waals surface area contributed by atoms with Crippen LogP contribution in [0.25, 0.3) is 0 Å². The molecular formula is C22H25Cl2F6NO3. The lowest BCUT2D eigenvalue weighted by atomic mass is 9.93. The maximum atomic E-state index is 13.5. The van der Waals surface area contributed by atoms with Crippen molar-refractivity contribution >= 4 is 24.0 Å². The molecule has 0 fully saturated rings. The van der Waals surface area contributed by atoms with Crippen LogP contribution in [-0.2, 0) is 25.2 Å². The molecule has 192 valence electrons. The van der Waals surface area contributed by atoms with E-state index in [0.717, 1.165) is 30.3 Å². The van der Waals surface area contributed by atoms with E-state index < -0.39 is 48.0 Å². The third-order valence-electron chi connectivity index (χ3n) is 5.11. The normalized spacial score (nSPS) is 12.4. The lowest BCUT2D eigenvalue weighted by Gasteiger charge is -2.24. The lowest BCUT2D eigenvalue weighted by Crippen LogP contribution is -2.47. The van der Waals surface area contributed by atoms with Gasteiger partial charge in [0, 0.05) is 5.02 Å². The number of aliphatic hydroxyl groups is 2. The van der Waals surface area contributed by atoms with E-state index in [1.807, 2.05) is 0 Å². The van der Waals surface area contributed by atoms with Gasteiger partial charge in [-0.25, -0.2) is 0 Å². The fourth-order valence-electron chi connectivity index (χ4n) is 3.07. The zero-order valence-electron chi connectivity index (χ0n) is 17.8. The zero-order valence-corrected chi connectivity index (χ0v) is 19.4. The van der Waals surface area contributed by atoms with Crippen LogP contribution in [0.5, 0.6) is 5.75 Å². The molecule has 0 saturated heterocycles. The Morgan fingerprint density at radius 1 is 0.882 bits per heavy atom. The van der Waals surface area contributed by atoms with Crippen LogP contribution in [0.15, 0.2) is 36.4 Å². The van der Waals surface area contributed by atoms with Crippen LogP contribution < -0.4 is 10.5 Å². The molecule has 0 aliphatic carbocycles. The highest BCUT2D eigenvalue weighted by Gasteiger charge is 2.35. The first-order chi connectivity index (χ1) is 15.3. The molecule has 2 aromatic carbocycles. The average Bonchev–Trinajstić information content (AvgIpc) is 2.75. The molecule has 0 unspecified atom stereocenters. The van der Waals surface area contributed by atoms with Crippen LogP contribution in [-0.4, -0.2) is 35.6 Å². The predicted molar refractivity (Wildman–Crippen MR) is 118 cm³/mol. The Labute approximate surface area is 204 Å². The second-order valence-corrected chi connectivity index (χ2v) is 8.17. The molecule has 0 aliphatic heterocycles. The number of aliphatic hydroxyl groups excluding tert-OH is 2. The molecule has 0 heterocycles. The van der Waals surface area contributed by atoms with Gasteiger partial charge >= 0.3 is 12.4 Å². The highest BCUT2D eigenvalue weighted by Crippen LogP contribution is 2.37. The maximum Gasteiger partial charge on any atom is 0.419 e. The summed E-state index contributed by atoms with van der Waals surface area (Å²) in [6, 6.07) is 6.39. The smallest absolute Gasteiger partial charge is 0.419 e. The summed E-state index contributed by atoms with van der Waals surface area (Å²) >= 11 is 5.93. The number of aryl methyl sites for hydroxylation is 2. The van der Waals surface area contributed by atoms with Crippen LogP contribution in [0.1, 0.15) is 35.1 Å². The average molecular weight is 536 g/mol. The number of rotatable bonds is 10. The number of nitrogens with two attached hydrogens (primary N) is 1. The summed E-state index contributed by atoms with van der Waals surface area (Å²) < 4.78 is 84.4. The Morgan fingerprint density at radius 3 is 2.09 bits per heavy atom. The largest absolute Gasteiger partial charge is 0.493 e. The molecule has 0 aromatic heterocycles. The maximum absolute atomic E-state index is 13.5. The molecule has 0 bridgehead atoms. The zero-order chi connectivity index (χ0) is 24.9. The lowest BCUT2D eigenvalue weighted by molar-refractivity contribution is -0.139. The van der Waals surface area contributed by atoms with Gasteiger partial charge in [-0.1, -0.05) is 17.7 Å². The number of alkyl halides is 6. The van der Waals surface area contributed by atoms with Crippen molar-refractivity contribution in [2.24, 2.45) is 5.73 Å². The SMILES string of the molecule is Cl.NC(CO)(CO)CCc1ccc(OCCCc2cc(C(F)(F)F)ccc2Cl)c(C(F)(F)F)c1. The number of benzene rings is 2. The van der Waals surface area contributed by atoms with Gasteiger partial charge in [0.25, 0.3) is 0 Å². The molecular weight excluding hydrogens is 511 g/mol. The van der Waals surface area contributed by atoms with Crippen molar-refractivity contribution in [2.45, 2.75) is 43.6 Å². The van der Waals surface area contributed by atoms with Crippen LogP contribution in [0, 0.1) is 0 Å². The fraction of sp³-hybridized carbons (Fsp3) is 0.455. The van der Waals surface area contributed by atoms with E-state index in [2.05, 4.69) is 0 Å². The molecule has 0 amide bonds. The molecule has 4 nitrogen and oxygen atoms in total. The Kier molecular flexibility index (Phi) is 11.0. The molecule has 2 aromatic rings. The van der Waals surface area contributed by atoms with Crippen molar-refractivity contribution in [3.05, 3.63) is 63.7 Å². The van der Waals surface area contributed by atoms with Crippen molar-refractivity contribution in [3.8, 4) is 5.75 Å². The van der Waals surface area contributed by atoms with Crippen LogP contribution in [0.3, 0.4) is 0 Å². The first-order valence-electron chi connectivity index (χ1n) is 9.98. The minimum Gasteiger partial charge on any atom is -0.493 e. The van der Waals surface area contributed by atoms with Gasteiger partial charge in [-0.15, -0.1) is 12.4 Å². The van der Waals surface area contributed by atoms with Gasteiger partial charge in [0.1, 0.15) is 5.75 Å². The Balaban J connectivity index is 0.00000578. The first kappa shape index (κ1) is 30.3. The van der Waals surface area contributed by atoms with Gasteiger partial charge in [0.2, 0.25) is 0 Å². The van der Waals surface area contributed by atoms with Gasteiger partial charge in [0.15, 0.2) is 0 Å². The van der Waals surface area contributed by atoms with E-state index >= 15 is 0 Å². The van der Waals surface area contributed by atoms with Crippen molar-refractivity contribution < 1.29 is 41.3 Å². The van der Waals surface area contributed by atoms with E-state index in [9.17, 15) is 36.6 Å². The molecule has 0 aliphatic rings. The molecule has 0 spiro atoms. The third kappa shape index (κ3) is 8.49. The molecule has 0 atom stereocenters. The molecule has 0 radical (unpaired) electrons. The summed E-state index contributed by atoms with van der Waals surface area (Å²) in [7, 11) is 0. The van der Waals surface area contributed by atoms with Gasteiger partial charge in [-0.05, 0) is 67.1 Å². The summed E-state index contributed by atoms with van der Waals surface area (Å²) in [5.41, 5.74) is 3.09. The summed E-state index contributed by atoms with van der Waals surface area (Å²) in [6.45, 7) is -1.21. The summed E-state index contributed by atoms with van der Waals surface area (Å²) in [4.78, 5) is 0. The number of hydrogen-bond acceptors (Lipinski definition) is 4. The Hall–Kier alpha value is -1.72. The van der Waals surface area contributed by atoms with Gasteiger partial charge in [-0.3, -0.25) is 0 Å². The molecule has 34 heavy (non-hydrogen) atoms. The van der Waals surface area contributed by atoms with Gasteiger partial charge in [-0.2, -0.15) is 26.3 Å². The molecule has 2 rings (SSSR count). The minimum atomic E-state index is -4.70. The van der Waals surface area contributed by atoms with Crippen molar-refractivity contribution in [1.82, 2.24) is 0 Å². The first-order valence-corrected chi connectivity index (χ1v) is 10.4. The number of hydrogen-bond donors (Lipinski definition) is 3. The highest BCUT2D eigenvalue weighted by molar-refractivity contribution is 6.31. The second-order valence-electron chi connectivity index (χ2n) is 7.76.